The Bertz CT molecular complexity index is 662. The molecule has 1 aromatic carbocycles. The first-order valence-corrected chi connectivity index (χ1v) is 6.85. The Morgan fingerprint density at radius 3 is 3.10 bits per heavy atom. The summed E-state index contributed by atoms with van der Waals surface area (Å²) in [5, 5.41) is 10.4. The number of benzene rings is 1. The second-order valence-corrected chi connectivity index (χ2v) is 5.22. The Morgan fingerprint density at radius 2 is 2.30 bits per heavy atom. The number of methoxy groups -OCH3 is 1. The van der Waals surface area contributed by atoms with E-state index >= 15 is 0 Å². The van der Waals surface area contributed by atoms with Crippen molar-refractivity contribution in [2.24, 2.45) is 5.92 Å². The molecule has 0 aliphatic carbocycles. The monoisotopic (exact) mass is 267 g/mol. The minimum Gasteiger partial charge on any atom is -0.384 e. The molecule has 0 radical (unpaired) electrons. The van der Waals surface area contributed by atoms with E-state index in [1.54, 1.807) is 7.11 Å². The Labute approximate surface area is 118 Å². The van der Waals surface area contributed by atoms with Gasteiger partial charge in [-0.3, -0.25) is 0 Å². The molecule has 2 aromatic rings. The van der Waals surface area contributed by atoms with Crippen LogP contribution in [-0.4, -0.2) is 31.8 Å². The predicted octanol–water partition coefficient (Wildman–Crippen LogP) is 2.58. The molecule has 1 fully saturated rings. The number of nitrogens with zero attached hydrogens (tertiary/aromatic N) is 3. The van der Waals surface area contributed by atoms with Crippen molar-refractivity contribution < 1.29 is 4.74 Å². The van der Waals surface area contributed by atoms with Gasteiger partial charge in [-0.05, 0) is 18.6 Å². The molecule has 0 saturated carbocycles. The van der Waals surface area contributed by atoms with Gasteiger partial charge in [0.2, 0.25) is 0 Å². The van der Waals surface area contributed by atoms with Gasteiger partial charge in [0.25, 0.3) is 0 Å². The number of para-hydroxylation sites is 1. The largest absolute Gasteiger partial charge is 0.384 e. The molecule has 3 rings (SSSR count). The van der Waals surface area contributed by atoms with E-state index in [9.17, 15) is 5.26 Å². The van der Waals surface area contributed by atoms with Crippen molar-refractivity contribution in [2.75, 3.05) is 31.7 Å². The zero-order valence-electron chi connectivity index (χ0n) is 11.5. The predicted molar refractivity (Wildman–Crippen MR) is 78.7 cm³/mol. The fraction of sp³-hybridized carbons (Fsp3) is 0.375. The third-order valence-electron chi connectivity index (χ3n) is 3.81. The number of fused-ring (bicyclic) bond motifs is 1. The first-order valence-electron chi connectivity index (χ1n) is 6.85. The van der Waals surface area contributed by atoms with Crippen molar-refractivity contribution in [3.05, 3.63) is 35.9 Å². The van der Waals surface area contributed by atoms with E-state index in [1.165, 1.54) is 0 Å². The highest BCUT2D eigenvalue weighted by Gasteiger charge is 2.25. The molecule has 2 heterocycles. The van der Waals surface area contributed by atoms with Crippen molar-refractivity contribution in [3.63, 3.8) is 0 Å². The molecule has 1 unspecified atom stereocenters. The number of hydrogen-bond acceptors (Lipinski definition) is 4. The van der Waals surface area contributed by atoms with E-state index in [4.69, 9.17) is 4.74 Å². The van der Waals surface area contributed by atoms with Crippen LogP contribution in [-0.2, 0) is 4.74 Å². The molecule has 0 bridgehead atoms. The van der Waals surface area contributed by atoms with Crippen LogP contribution >= 0.6 is 0 Å². The van der Waals surface area contributed by atoms with Crippen LogP contribution in [0.1, 0.15) is 12.0 Å². The summed E-state index contributed by atoms with van der Waals surface area (Å²) in [6.07, 6.45) is 1.09. The van der Waals surface area contributed by atoms with E-state index < -0.39 is 0 Å². The second kappa shape index (κ2) is 5.48. The van der Waals surface area contributed by atoms with Gasteiger partial charge in [0, 0.05) is 31.5 Å². The molecule has 1 atom stereocenters. The van der Waals surface area contributed by atoms with Crippen molar-refractivity contribution in [1.82, 2.24) is 4.98 Å². The fourth-order valence-electron chi connectivity index (χ4n) is 2.83. The highest BCUT2D eigenvalue weighted by Crippen LogP contribution is 2.28. The lowest BCUT2D eigenvalue weighted by molar-refractivity contribution is 0.161. The molecular formula is C16H17N3O. The third kappa shape index (κ3) is 2.33. The average Bonchev–Trinajstić information content (AvgIpc) is 2.94. The number of hydrogen-bond donors (Lipinski definition) is 0. The quantitative estimate of drug-likeness (QED) is 0.857. The molecule has 0 spiro atoms. The summed E-state index contributed by atoms with van der Waals surface area (Å²) in [4.78, 5) is 6.89. The first-order chi connectivity index (χ1) is 9.81. The maximum atomic E-state index is 9.37. The topological polar surface area (TPSA) is 49.1 Å². The Balaban J connectivity index is 1.97. The van der Waals surface area contributed by atoms with Crippen molar-refractivity contribution in [1.29, 1.82) is 5.26 Å². The zero-order chi connectivity index (χ0) is 13.9. The Hall–Kier alpha value is -2.12. The van der Waals surface area contributed by atoms with Gasteiger partial charge < -0.3 is 9.64 Å². The second-order valence-electron chi connectivity index (χ2n) is 5.22. The highest BCUT2D eigenvalue weighted by atomic mass is 16.5. The molecule has 1 aliphatic heterocycles. The molecule has 1 aromatic heterocycles. The number of nitriles is 1. The molecule has 1 aliphatic rings. The molecule has 1 saturated heterocycles. The van der Waals surface area contributed by atoms with Crippen LogP contribution in [0, 0.1) is 17.2 Å². The molecule has 4 heteroatoms. The maximum Gasteiger partial charge on any atom is 0.147 e. The number of aromatic nitrogens is 1. The summed E-state index contributed by atoms with van der Waals surface area (Å²) in [7, 11) is 1.73. The van der Waals surface area contributed by atoms with E-state index in [1.807, 2.05) is 30.3 Å². The van der Waals surface area contributed by atoms with Gasteiger partial charge in [0.05, 0.1) is 17.7 Å². The maximum absolute atomic E-state index is 9.37. The van der Waals surface area contributed by atoms with Gasteiger partial charge in [0.15, 0.2) is 0 Å². The first kappa shape index (κ1) is 12.9. The lowest BCUT2D eigenvalue weighted by Gasteiger charge is -2.19. The molecule has 20 heavy (non-hydrogen) atoms. The summed E-state index contributed by atoms with van der Waals surface area (Å²) in [6, 6.07) is 12.1. The minimum absolute atomic E-state index is 0.528. The van der Waals surface area contributed by atoms with E-state index in [0.29, 0.717) is 11.5 Å². The van der Waals surface area contributed by atoms with Crippen LogP contribution in [0.15, 0.2) is 30.3 Å². The van der Waals surface area contributed by atoms with Crippen LogP contribution in [0.2, 0.25) is 0 Å². The van der Waals surface area contributed by atoms with Crippen LogP contribution in [0.4, 0.5) is 5.82 Å². The van der Waals surface area contributed by atoms with Crippen molar-refractivity contribution >= 4 is 16.7 Å². The van der Waals surface area contributed by atoms with E-state index in [0.717, 1.165) is 42.8 Å². The van der Waals surface area contributed by atoms with Crippen LogP contribution in [0.5, 0.6) is 0 Å². The lowest BCUT2D eigenvalue weighted by atomic mass is 10.1. The molecule has 0 amide bonds. The minimum atomic E-state index is 0.528. The fourth-order valence-corrected chi connectivity index (χ4v) is 2.83. The summed E-state index contributed by atoms with van der Waals surface area (Å²) < 4.78 is 5.22. The average molecular weight is 267 g/mol. The SMILES string of the molecule is COCC1CCN(c2nc3ccccc3cc2C#N)C1. The van der Waals surface area contributed by atoms with Crippen LogP contribution < -0.4 is 4.90 Å². The van der Waals surface area contributed by atoms with Gasteiger partial charge in [-0.1, -0.05) is 18.2 Å². The Kier molecular flexibility index (Phi) is 3.53. The normalized spacial score (nSPS) is 18.4. The third-order valence-corrected chi connectivity index (χ3v) is 3.81. The molecule has 4 nitrogen and oxygen atoms in total. The standard InChI is InChI=1S/C16H17N3O/c1-20-11-12-6-7-19(10-12)16-14(9-17)8-13-4-2-3-5-15(13)18-16/h2-5,8,12H,6-7,10-11H2,1H3. The van der Waals surface area contributed by atoms with Crippen LogP contribution in [0.25, 0.3) is 10.9 Å². The van der Waals surface area contributed by atoms with Gasteiger partial charge in [-0.15, -0.1) is 0 Å². The summed E-state index contributed by atoms with van der Waals surface area (Å²) in [6.45, 7) is 2.62. The number of rotatable bonds is 3. The number of ether oxygens (including phenoxy) is 1. The lowest BCUT2D eigenvalue weighted by Crippen LogP contribution is -2.23. The Morgan fingerprint density at radius 1 is 1.45 bits per heavy atom. The molecular weight excluding hydrogens is 250 g/mol. The number of pyridine rings is 1. The summed E-state index contributed by atoms with van der Waals surface area (Å²) >= 11 is 0. The van der Waals surface area contributed by atoms with Crippen molar-refractivity contribution in [3.8, 4) is 6.07 Å². The van der Waals surface area contributed by atoms with Gasteiger partial charge >= 0.3 is 0 Å². The summed E-state index contributed by atoms with van der Waals surface area (Å²) in [5.74, 6) is 1.34. The molecule has 0 N–H and O–H groups in total. The van der Waals surface area contributed by atoms with Crippen LogP contribution in [0.3, 0.4) is 0 Å². The number of anilines is 1. The van der Waals surface area contributed by atoms with Gasteiger partial charge in [-0.25, -0.2) is 4.98 Å². The zero-order valence-corrected chi connectivity index (χ0v) is 11.5. The summed E-state index contributed by atoms with van der Waals surface area (Å²) in [5.41, 5.74) is 1.60. The van der Waals surface area contributed by atoms with Gasteiger partial charge in [0.1, 0.15) is 11.9 Å². The van der Waals surface area contributed by atoms with Crippen molar-refractivity contribution in [2.45, 2.75) is 6.42 Å². The van der Waals surface area contributed by atoms with Gasteiger partial charge in [-0.2, -0.15) is 5.26 Å². The molecule has 102 valence electrons. The smallest absolute Gasteiger partial charge is 0.147 e. The van der Waals surface area contributed by atoms with E-state index in [-0.39, 0.29) is 0 Å². The van der Waals surface area contributed by atoms with E-state index in [2.05, 4.69) is 16.0 Å². The highest BCUT2D eigenvalue weighted by molar-refractivity contribution is 5.83.